The van der Waals surface area contributed by atoms with Gasteiger partial charge < -0.3 is 4.90 Å². The van der Waals surface area contributed by atoms with Gasteiger partial charge in [-0.3, -0.25) is 9.88 Å². The topological polar surface area (TPSA) is 49.6 Å². The highest BCUT2D eigenvalue weighted by Crippen LogP contribution is 2.17. The van der Waals surface area contributed by atoms with Gasteiger partial charge in [-0.1, -0.05) is 6.07 Å². The second-order valence-electron chi connectivity index (χ2n) is 5.85. The van der Waals surface area contributed by atoms with Crippen LogP contribution in [-0.4, -0.2) is 57.2 Å². The first-order valence-corrected chi connectivity index (χ1v) is 8.84. The van der Waals surface area contributed by atoms with E-state index in [2.05, 4.69) is 42.4 Å². The SMILES string of the molecule is Cc1nc2cncc(N3CCN(CCc4cccs4)CC3)n2n1. The van der Waals surface area contributed by atoms with E-state index in [-0.39, 0.29) is 0 Å². The van der Waals surface area contributed by atoms with Crippen molar-refractivity contribution in [3.63, 3.8) is 0 Å². The maximum Gasteiger partial charge on any atom is 0.176 e. The van der Waals surface area contributed by atoms with Crippen molar-refractivity contribution in [3.05, 3.63) is 40.6 Å². The molecule has 0 aromatic carbocycles. The molecular weight excluding hydrogens is 308 g/mol. The number of thiophene rings is 1. The largest absolute Gasteiger partial charge is 0.353 e. The number of hydrogen-bond donors (Lipinski definition) is 0. The standard InChI is InChI=1S/C16H20N6S/c1-13-18-15-11-17-12-16(22(15)19-13)21-8-6-20(7-9-21)5-4-14-3-2-10-23-14/h2-3,10-12H,4-9H2,1H3. The van der Waals surface area contributed by atoms with Crippen LogP contribution < -0.4 is 4.90 Å². The lowest BCUT2D eigenvalue weighted by molar-refractivity contribution is 0.260. The average molecular weight is 328 g/mol. The van der Waals surface area contributed by atoms with Gasteiger partial charge in [-0.05, 0) is 24.8 Å². The number of aryl methyl sites for hydroxylation is 1. The van der Waals surface area contributed by atoms with Crippen molar-refractivity contribution in [2.24, 2.45) is 0 Å². The second kappa shape index (κ2) is 6.25. The summed E-state index contributed by atoms with van der Waals surface area (Å²) in [6.45, 7) is 7.22. The molecule has 0 amide bonds. The first kappa shape index (κ1) is 14.6. The summed E-state index contributed by atoms with van der Waals surface area (Å²) >= 11 is 1.85. The summed E-state index contributed by atoms with van der Waals surface area (Å²) in [5.41, 5.74) is 0.820. The summed E-state index contributed by atoms with van der Waals surface area (Å²) in [6.07, 6.45) is 4.81. The Morgan fingerprint density at radius 3 is 2.83 bits per heavy atom. The van der Waals surface area contributed by atoms with E-state index in [4.69, 9.17) is 0 Å². The van der Waals surface area contributed by atoms with Crippen LogP contribution in [0.1, 0.15) is 10.7 Å². The molecule has 0 spiro atoms. The fraction of sp³-hybridized carbons (Fsp3) is 0.438. The van der Waals surface area contributed by atoms with E-state index in [1.54, 1.807) is 6.20 Å². The maximum absolute atomic E-state index is 4.49. The molecule has 0 radical (unpaired) electrons. The highest BCUT2D eigenvalue weighted by atomic mass is 32.1. The van der Waals surface area contributed by atoms with Crippen LogP contribution in [0, 0.1) is 6.92 Å². The molecule has 3 aromatic heterocycles. The molecule has 7 heteroatoms. The fourth-order valence-corrected chi connectivity index (χ4v) is 3.75. The molecule has 1 aliphatic heterocycles. The first-order chi connectivity index (χ1) is 11.3. The average Bonchev–Trinajstić information content (AvgIpc) is 3.21. The van der Waals surface area contributed by atoms with Crippen molar-refractivity contribution in [3.8, 4) is 0 Å². The minimum atomic E-state index is 0.786. The van der Waals surface area contributed by atoms with Crippen LogP contribution in [0.25, 0.3) is 5.65 Å². The van der Waals surface area contributed by atoms with Gasteiger partial charge in [0.1, 0.15) is 5.82 Å². The van der Waals surface area contributed by atoms with E-state index in [9.17, 15) is 0 Å². The van der Waals surface area contributed by atoms with Crippen molar-refractivity contribution >= 4 is 22.8 Å². The zero-order valence-corrected chi connectivity index (χ0v) is 14.0. The Balaban J connectivity index is 1.40. The Morgan fingerprint density at radius 2 is 2.04 bits per heavy atom. The van der Waals surface area contributed by atoms with Gasteiger partial charge in [0.2, 0.25) is 0 Å². The smallest absolute Gasteiger partial charge is 0.176 e. The van der Waals surface area contributed by atoms with Gasteiger partial charge in [-0.2, -0.15) is 4.52 Å². The van der Waals surface area contributed by atoms with E-state index in [1.165, 1.54) is 4.88 Å². The highest BCUT2D eigenvalue weighted by molar-refractivity contribution is 7.09. The Labute approximate surface area is 139 Å². The van der Waals surface area contributed by atoms with Gasteiger partial charge >= 0.3 is 0 Å². The minimum absolute atomic E-state index is 0.786. The van der Waals surface area contributed by atoms with Crippen molar-refractivity contribution in [2.75, 3.05) is 37.6 Å². The van der Waals surface area contributed by atoms with E-state index in [0.717, 1.165) is 56.4 Å². The van der Waals surface area contributed by atoms with Crippen molar-refractivity contribution in [1.29, 1.82) is 0 Å². The molecule has 120 valence electrons. The lowest BCUT2D eigenvalue weighted by Gasteiger charge is -2.35. The molecule has 6 nitrogen and oxygen atoms in total. The molecule has 0 saturated carbocycles. The van der Waals surface area contributed by atoms with Gasteiger partial charge in [-0.15, -0.1) is 16.4 Å². The summed E-state index contributed by atoms with van der Waals surface area (Å²) in [4.78, 5) is 15.1. The zero-order chi connectivity index (χ0) is 15.6. The predicted molar refractivity (Wildman–Crippen MR) is 92.2 cm³/mol. The summed E-state index contributed by atoms with van der Waals surface area (Å²) in [5.74, 6) is 1.83. The third-order valence-electron chi connectivity index (χ3n) is 4.29. The normalized spacial score (nSPS) is 16.3. The number of anilines is 1. The maximum atomic E-state index is 4.49. The van der Waals surface area contributed by atoms with Gasteiger partial charge in [0, 0.05) is 37.6 Å². The summed E-state index contributed by atoms with van der Waals surface area (Å²) in [6, 6.07) is 4.35. The zero-order valence-electron chi connectivity index (χ0n) is 13.2. The van der Waals surface area contributed by atoms with Crippen molar-refractivity contribution in [2.45, 2.75) is 13.3 Å². The molecule has 4 heterocycles. The second-order valence-corrected chi connectivity index (χ2v) is 6.88. The summed E-state index contributed by atoms with van der Waals surface area (Å²) in [7, 11) is 0. The number of nitrogens with zero attached hydrogens (tertiary/aromatic N) is 6. The molecule has 4 rings (SSSR count). The molecule has 0 N–H and O–H groups in total. The van der Waals surface area contributed by atoms with E-state index in [1.807, 2.05) is 29.0 Å². The van der Waals surface area contributed by atoms with Crippen LogP contribution in [0.4, 0.5) is 5.82 Å². The van der Waals surface area contributed by atoms with Gasteiger partial charge in [-0.25, -0.2) is 4.98 Å². The van der Waals surface area contributed by atoms with E-state index < -0.39 is 0 Å². The molecule has 1 aliphatic rings. The Bertz CT molecular complexity index is 773. The van der Waals surface area contributed by atoms with Crippen LogP contribution in [0.15, 0.2) is 29.9 Å². The molecule has 1 saturated heterocycles. The van der Waals surface area contributed by atoms with Crippen LogP contribution in [-0.2, 0) is 6.42 Å². The van der Waals surface area contributed by atoms with Gasteiger partial charge in [0.25, 0.3) is 0 Å². The number of fused-ring (bicyclic) bond motifs is 1. The summed E-state index contributed by atoms with van der Waals surface area (Å²) < 4.78 is 1.91. The van der Waals surface area contributed by atoms with Crippen molar-refractivity contribution in [1.82, 2.24) is 24.5 Å². The van der Waals surface area contributed by atoms with Crippen LogP contribution in [0.5, 0.6) is 0 Å². The molecule has 0 atom stereocenters. The van der Waals surface area contributed by atoms with E-state index in [0.29, 0.717) is 0 Å². The molecule has 0 bridgehead atoms. The molecule has 3 aromatic rings. The Kier molecular flexibility index (Phi) is 3.97. The first-order valence-electron chi connectivity index (χ1n) is 7.97. The number of aromatic nitrogens is 4. The van der Waals surface area contributed by atoms with Crippen LogP contribution >= 0.6 is 11.3 Å². The molecular formula is C16H20N6S. The quantitative estimate of drug-likeness (QED) is 0.732. The Morgan fingerprint density at radius 1 is 1.17 bits per heavy atom. The predicted octanol–water partition coefficient (Wildman–Crippen LogP) is 1.86. The number of hydrogen-bond acceptors (Lipinski definition) is 6. The van der Waals surface area contributed by atoms with Crippen molar-refractivity contribution < 1.29 is 0 Å². The number of piperazine rings is 1. The van der Waals surface area contributed by atoms with Crippen LogP contribution in [0.2, 0.25) is 0 Å². The monoisotopic (exact) mass is 328 g/mol. The molecule has 1 fully saturated rings. The van der Waals surface area contributed by atoms with Gasteiger partial charge in [0.05, 0.1) is 12.4 Å². The molecule has 23 heavy (non-hydrogen) atoms. The van der Waals surface area contributed by atoms with Crippen LogP contribution in [0.3, 0.4) is 0 Å². The lowest BCUT2D eigenvalue weighted by atomic mass is 10.2. The summed E-state index contributed by atoms with van der Waals surface area (Å²) in [5, 5.41) is 6.64. The van der Waals surface area contributed by atoms with E-state index >= 15 is 0 Å². The lowest BCUT2D eigenvalue weighted by Crippen LogP contribution is -2.47. The van der Waals surface area contributed by atoms with Gasteiger partial charge in [0.15, 0.2) is 11.5 Å². The highest BCUT2D eigenvalue weighted by Gasteiger charge is 2.20. The fourth-order valence-electron chi connectivity index (χ4n) is 3.05. The molecule has 0 unspecified atom stereocenters. The third kappa shape index (κ3) is 3.07. The Hall–Kier alpha value is -1.99. The third-order valence-corrected chi connectivity index (χ3v) is 5.22. The minimum Gasteiger partial charge on any atom is -0.353 e. The number of rotatable bonds is 4. The molecule has 0 aliphatic carbocycles.